The summed E-state index contributed by atoms with van der Waals surface area (Å²) in [6.45, 7) is 6.49. The lowest BCUT2D eigenvalue weighted by Gasteiger charge is -2.24. The molecular weight excluding hydrogens is 250 g/mol. The van der Waals surface area contributed by atoms with E-state index in [2.05, 4.69) is 23.2 Å². The normalized spacial score (nSPS) is 16.9. The molecule has 108 valence electrons. The van der Waals surface area contributed by atoms with Crippen LogP contribution in [-0.2, 0) is 6.54 Å². The van der Waals surface area contributed by atoms with E-state index in [0.717, 1.165) is 18.7 Å². The molecule has 1 saturated heterocycles. The monoisotopic (exact) mass is 273 g/mol. The number of hydrogen-bond acceptors (Lipinski definition) is 4. The van der Waals surface area contributed by atoms with Crippen LogP contribution >= 0.6 is 0 Å². The minimum absolute atomic E-state index is 0.575. The van der Waals surface area contributed by atoms with Crippen molar-refractivity contribution >= 4 is 0 Å². The van der Waals surface area contributed by atoms with E-state index in [4.69, 9.17) is 10.00 Å². The van der Waals surface area contributed by atoms with E-state index >= 15 is 0 Å². The van der Waals surface area contributed by atoms with Crippen molar-refractivity contribution in [3.05, 3.63) is 29.3 Å². The summed E-state index contributed by atoms with van der Waals surface area (Å²) in [6, 6.07) is 8.51. The second kappa shape index (κ2) is 7.28. The summed E-state index contributed by atoms with van der Waals surface area (Å²) in [5, 5.41) is 12.5. The molecule has 1 aliphatic heterocycles. The van der Waals surface area contributed by atoms with Crippen LogP contribution in [0.1, 0.15) is 30.9 Å². The topological polar surface area (TPSA) is 48.3 Å². The first-order valence-corrected chi connectivity index (χ1v) is 7.26. The van der Waals surface area contributed by atoms with Crippen LogP contribution in [0.4, 0.5) is 0 Å². The number of nitriles is 1. The lowest BCUT2D eigenvalue weighted by molar-refractivity contribution is 0.251. The standard InChI is InChI=1S/C16H23N3O/c1-13(19-7-3-4-8-19)11-18-12-14-5-6-16(20-2)15(9-14)10-17/h5-6,9,13,18H,3-4,7-8,11-12H2,1-2H3. The van der Waals surface area contributed by atoms with Gasteiger partial charge in [-0.15, -0.1) is 0 Å². The van der Waals surface area contributed by atoms with Gasteiger partial charge in [0.05, 0.1) is 12.7 Å². The Morgan fingerprint density at radius 2 is 2.15 bits per heavy atom. The zero-order valence-electron chi connectivity index (χ0n) is 12.4. The number of rotatable bonds is 6. The van der Waals surface area contributed by atoms with E-state index in [1.807, 2.05) is 18.2 Å². The molecule has 1 unspecified atom stereocenters. The first-order valence-electron chi connectivity index (χ1n) is 7.26. The van der Waals surface area contributed by atoms with Crippen LogP contribution in [0.5, 0.6) is 5.75 Å². The molecule has 1 aromatic carbocycles. The second-order valence-electron chi connectivity index (χ2n) is 5.37. The Labute approximate surface area is 121 Å². The van der Waals surface area contributed by atoms with Crippen LogP contribution in [0.15, 0.2) is 18.2 Å². The predicted molar refractivity (Wildman–Crippen MR) is 79.7 cm³/mol. The third-order valence-electron chi connectivity index (χ3n) is 3.92. The minimum Gasteiger partial charge on any atom is -0.495 e. The van der Waals surface area contributed by atoms with E-state index in [1.165, 1.54) is 25.9 Å². The van der Waals surface area contributed by atoms with E-state index in [1.54, 1.807) is 7.11 Å². The van der Waals surface area contributed by atoms with Gasteiger partial charge in [0, 0.05) is 19.1 Å². The highest BCUT2D eigenvalue weighted by Gasteiger charge is 2.17. The van der Waals surface area contributed by atoms with Gasteiger partial charge in [-0.3, -0.25) is 4.90 Å². The molecule has 0 spiro atoms. The molecule has 0 aliphatic carbocycles. The van der Waals surface area contributed by atoms with E-state index in [9.17, 15) is 0 Å². The molecule has 20 heavy (non-hydrogen) atoms. The Kier molecular flexibility index (Phi) is 5.40. The van der Waals surface area contributed by atoms with Gasteiger partial charge in [0.1, 0.15) is 11.8 Å². The summed E-state index contributed by atoms with van der Waals surface area (Å²) in [4.78, 5) is 2.53. The van der Waals surface area contributed by atoms with E-state index < -0.39 is 0 Å². The van der Waals surface area contributed by atoms with Crippen molar-refractivity contribution in [2.24, 2.45) is 0 Å². The van der Waals surface area contributed by atoms with Crippen molar-refractivity contribution in [1.29, 1.82) is 5.26 Å². The maximum Gasteiger partial charge on any atom is 0.136 e. The summed E-state index contributed by atoms with van der Waals surface area (Å²) in [5.41, 5.74) is 1.72. The lowest BCUT2D eigenvalue weighted by atomic mass is 10.1. The zero-order chi connectivity index (χ0) is 14.4. The SMILES string of the molecule is COc1ccc(CNCC(C)N2CCCC2)cc1C#N. The maximum absolute atomic E-state index is 9.07. The van der Waals surface area contributed by atoms with Crippen LogP contribution in [0.2, 0.25) is 0 Å². The van der Waals surface area contributed by atoms with Crippen molar-refractivity contribution in [2.45, 2.75) is 32.4 Å². The Balaban J connectivity index is 1.83. The van der Waals surface area contributed by atoms with Crippen LogP contribution in [0, 0.1) is 11.3 Å². The minimum atomic E-state index is 0.575. The third kappa shape index (κ3) is 3.72. The van der Waals surface area contributed by atoms with Gasteiger partial charge in [0.25, 0.3) is 0 Å². The highest BCUT2D eigenvalue weighted by Crippen LogP contribution is 2.18. The van der Waals surface area contributed by atoms with Gasteiger partial charge in [0.15, 0.2) is 0 Å². The Morgan fingerprint density at radius 1 is 1.40 bits per heavy atom. The average molecular weight is 273 g/mol. The van der Waals surface area contributed by atoms with Crippen molar-refractivity contribution in [3.8, 4) is 11.8 Å². The first-order chi connectivity index (χ1) is 9.74. The van der Waals surface area contributed by atoms with Gasteiger partial charge in [-0.25, -0.2) is 0 Å². The number of methoxy groups -OCH3 is 1. The summed E-state index contributed by atoms with van der Waals surface area (Å²) >= 11 is 0. The van der Waals surface area contributed by atoms with Crippen LogP contribution in [0.25, 0.3) is 0 Å². The number of nitrogens with one attached hydrogen (secondary N) is 1. The Morgan fingerprint density at radius 3 is 2.80 bits per heavy atom. The molecule has 0 aromatic heterocycles. The molecule has 1 fully saturated rings. The summed E-state index contributed by atoms with van der Waals surface area (Å²) in [7, 11) is 1.59. The molecule has 1 aromatic rings. The molecule has 2 rings (SSSR count). The summed E-state index contributed by atoms with van der Waals surface area (Å²) in [5.74, 6) is 0.640. The van der Waals surface area contributed by atoms with Gasteiger partial charge in [-0.2, -0.15) is 5.26 Å². The number of benzene rings is 1. The van der Waals surface area contributed by atoms with Crippen molar-refractivity contribution in [1.82, 2.24) is 10.2 Å². The van der Waals surface area contributed by atoms with Gasteiger partial charge in [-0.1, -0.05) is 6.07 Å². The molecule has 1 heterocycles. The number of likely N-dealkylation sites (tertiary alicyclic amines) is 1. The summed E-state index contributed by atoms with van der Waals surface area (Å²) in [6.07, 6.45) is 2.66. The quantitative estimate of drug-likeness (QED) is 0.862. The molecule has 1 atom stereocenters. The molecule has 1 aliphatic rings. The largest absolute Gasteiger partial charge is 0.495 e. The highest BCUT2D eigenvalue weighted by atomic mass is 16.5. The Hall–Kier alpha value is -1.57. The smallest absolute Gasteiger partial charge is 0.136 e. The Bertz CT molecular complexity index is 475. The van der Waals surface area contributed by atoms with E-state index in [0.29, 0.717) is 17.4 Å². The first kappa shape index (κ1) is 14.8. The van der Waals surface area contributed by atoms with Crippen molar-refractivity contribution in [2.75, 3.05) is 26.7 Å². The molecule has 4 heteroatoms. The van der Waals surface area contributed by atoms with Crippen LogP contribution in [0.3, 0.4) is 0 Å². The predicted octanol–water partition coefficient (Wildman–Crippen LogP) is 2.14. The fourth-order valence-electron chi connectivity index (χ4n) is 2.69. The van der Waals surface area contributed by atoms with Gasteiger partial charge < -0.3 is 10.1 Å². The summed E-state index contributed by atoms with van der Waals surface area (Å²) < 4.78 is 5.15. The fraction of sp³-hybridized carbons (Fsp3) is 0.562. The van der Waals surface area contributed by atoms with E-state index in [-0.39, 0.29) is 0 Å². The molecule has 0 bridgehead atoms. The fourth-order valence-corrected chi connectivity index (χ4v) is 2.69. The van der Waals surface area contributed by atoms with Crippen molar-refractivity contribution < 1.29 is 4.74 Å². The van der Waals surface area contributed by atoms with Gasteiger partial charge >= 0.3 is 0 Å². The number of hydrogen-bond donors (Lipinski definition) is 1. The van der Waals surface area contributed by atoms with Crippen LogP contribution in [-0.4, -0.2) is 37.7 Å². The second-order valence-corrected chi connectivity index (χ2v) is 5.37. The molecule has 0 saturated carbocycles. The third-order valence-corrected chi connectivity index (χ3v) is 3.92. The molecule has 0 amide bonds. The molecular formula is C16H23N3O. The number of ether oxygens (including phenoxy) is 1. The zero-order valence-corrected chi connectivity index (χ0v) is 12.4. The average Bonchev–Trinajstić information content (AvgIpc) is 3.01. The highest BCUT2D eigenvalue weighted by molar-refractivity contribution is 5.45. The molecule has 0 radical (unpaired) electrons. The van der Waals surface area contributed by atoms with Crippen LogP contribution < -0.4 is 10.1 Å². The maximum atomic E-state index is 9.07. The molecule has 4 nitrogen and oxygen atoms in total. The van der Waals surface area contributed by atoms with Gasteiger partial charge in [-0.05, 0) is 50.6 Å². The van der Waals surface area contributed by atoms with Gasteiger partial charge in [0.2, 0.25) is 0 Å². The molecule has 1 N–H and O–H groups in total. The van der Waals surface area contributed by atoms with Crippen molar-refractivity contribution in [3.63, 3.8) is 0 Å². The lowest BCUT2D eigenvalue weighted by Crippen LogP contribution is -2.38. The number of nitrogens with zero attached hydrogens (tertiary/aromatic N) is 2.